The molecule has 2 saturated carbocycles. The third-order valence-electron chi connectivity index (χ3n) is 7.46. The first-order valence-corrected chi connectivity index (χ1v) is 11.8. The molecule has 0 radical (unpaired) electrons. The second kappa shape index (κ2) is 8.94. The number of benzene rings is 2. The van der Waals surface area contributed by atoms with Crippen LogP contribution < -0.4 is 10.6 Å². The van der Waals surface area contributed by atoms with Crippen molar-refractivity contribution < 1.29 is 33.0 Å². The van der Waals surface area contributed by atoms with E-state index in [0.717, 1.165) is 22.3 Å². The van der Waals surface area contributed by atoms with Gasteiger partial charge in [0.2, 0.25) is 5.91 Å². The lowest BCUT2D eigenvalue weighted by molar-refractivity contribution is -0.142. The van der Waals surface area contributed by atoms with Crippen LogP contribution in [0.1, 0.15) is 36.3 Å². The van der Waals surface area contributed by atoms with Gasteiger partial charge in [-0.05, 0) is 35.1 Å². The summed E-state index contributed by atoms with van der Waals surface area (Å²) in [6.07, 6.45) is 0.656. The highest BCUT2D eigenvalue weighted by molar-refractivity contribution is 5.85. The van der Waals surface area contributed by atoms with Crippen molar-refractivity contribution >= 4 is 18.0 Å². The Hall–Kier alpha value is -3.49. The van der Waals surface area contributed by atoms with E-state index in [9.17, 15) is 28.3 Å². The molecule has 7 nitrogen and oxygen atoms in total. The van der Waals surface area contributed by atoms with Gasteiger partial charge in [-0.2, -0.15) is 0 Å². The van der Waals surface area contributed by atoms with Gasteiger partial charge in [-0.15, -0.1) is 0 Å². The van der Waals surface area contributed by atoms with Crippen molar-refractivity contribution in [3.05, 3.63) is 59.7 Å². The molecule has 0 heterocycles. The van der Waals surface area contributed by atoms with Gasteiger partial charge >= 0.3 is 12.1 Å². The van der Waals surface area contributed by atoms with E-state index in [4.69, 9.17) is 4.74 Å². The summed E-state index contributed by atoms with van der Waals surface area (Å²) in [6.45, 7) is -0.349. The molecule has 0 saturated heterocycles. The SMILES string of the molecule is O=C(NC[C@H]1[C@@H](C(=O)NC2CCCC2C(=O)O)C1(F)F)OCC1c2ccccc2-c2ccccc21. The van der Waals surface area contributed by atoms with Gasteiger partial charge in [0.05, 0.1) is 11.8 Å². The van der Waals surface area contributed by atoms with Crippen LogP contribution in [-0.4, -0.2) is 48.2 Å². The van der Waals surface area contributed by atoms with Crippen LogP contribution in [0.2, 0.25) is 0 Å². The lowest BCUT2D eigenvalue weighted by Crippen LogP contribution is -2.41. The molecule has 2 unspecified atom stereocenters. The maximum atomic E-state index is 14.3. The number of hydrogen-bond acceptors (Lipinski definition) is 4. The highest BCUT2D eigenvalue weighted by Gasteiger charge is 2.71. The summed E-state index contributed by atoms with van der Waals surface area (Å²) < 4.78 is 33.9. The minimum absolute atomic E-state index is 0.0586. The Labute approximate surface area is 200 Å². The lowest BCUT2D eigenvalue weighted by Gasteiger charge is -2.17. The standard InChI is InChI=1S/C26H26F2N2O5/c27-26(28)20(22(26)23(31)30-21-11-5-10-18(21)24(32)33)12-29-25(34)35-13-19-16-8-3-1-6-14(16)15-7-2-4-9-17(15)19/h1-4,6-9,18-22H,5,10-13H2,(H,29,34)(H,30,31)(H,32,33)/t18?,20-,21?,22-/m0/s1. The minimum atomic E-state index is -3.27. The second-order valence-electron chi connectivity index (χ2n) is 9.46. The lowest BCUT2D eigenvalue weighted by atomic mass is 9.98. The highest BCUT2D eigenvalue weighted by atomic mass is 19.3. The Morgan fingerprint density at radius 2 is 1.63 bits per heavy atom. The number of amides is 2. The average molecular weight is 484 g/mol. The monoisotopic (exact) mass is 484 g/mol. The van der Waals surface area contributed by atoms with Crippen molar-refractivity contribution in [3.63, 3.8) is 0 Å². The zero-order chi connectivity index (χ0) is 24.7. The van der Waals surface area contributed by atoms with Crippen LogP contribution in [0.15, 0.2) is 48.5 Å². The molecule has 0 aromatic heterocycles. The number of aliphatic carboxylic acids is 1. The number of nitrogens with one attached hydrogen (secondary N) is 2. The molecule has 0 aliphatic heterocycles. The molecule has 0 bridgehead atoms. The molecule has 3 aliphatic carbocycles. The van der Waals surface area contributed by atoms with Crippen molar-refractivity contribution in [2.24, 2.45) is 17.8 Å². The first-order valence-electron chi connectivity index (χ1n) is 11.8. The van der Waals surface area contributed by atoms with E-state index in [2.05, 4.69) is 10.6 Å². The second-order valence-corrected chi connectivity index (χ2v) is 9.46. The Kier molecular flexibility index (Phi) is 5.94. The van der Waals surface area contributed by atoms with E-state index in [-0.39, 0.29) is 12.5 Å². The van der Waals surface area contributed by atoms with Crippen LogP contribution in [0.5, 0.6) is 0 Å². The van der Waals surface area contributed by atoms with E-state index in [1.807, 2.05) is 48.5 Å². The predicted molar refractivity (Wildman–Crippen MR) is 122 cm³/mol. The Morgan fingerprint density at radius 1 is 1.00 bits per heavy atom. The fourth-order valence-corrected chi connectivity index (χ4v) is 5.55. The van der Waals surface area contributed by atoms with Gasteiger partial charge in [0, 0.05) is 18.5 Å². The molecule has 4 atom stereocenters. The third-order valence-corrected chi connectivity index (χ3v) is 7.46. The summed E-state index contributed by atoms with van der Waals surface area (Å²) in [7, 11) is 0. The van der Waals surface area contributed by atoms with Crippen molar-refractivity contribution in [2.75, 3.05) is 13.2 Å². The number of carboxylic acid groups (broad SMARTS) is 1. The molecular formula is C26H26F2N2O5. The number of alkyl carbamates (subject to hydrolysis) is 1. The molecule has 9 heteroatoms. The number of halogens is 2. The summed E-state index contributed by atoms with van der Waals surface area (Å²) in [6, 6.07) is 15.1. The van der Waals surface area contributed by atoms with Crippen molar-refractivity contribution in [2.45, 2.75) is 37.1 Å². The molecule has 3 N–H and O–H groups in total. The van der Waals surface area contributed by atoms with Gasteiger partial charge in [-0.1, -0.05) is 55.0 Å². The predicted octanol–water partition coefficient (Wildman–Crippen LogP) is 3.78. The number of fused-ring (bicyclic) bond motifs is 3. The molecule has 2 aromatic carbocycles. The summed E-state index contributed by atoms with van der Waals surface area (Å²) in [5.41, 5.74) is 4.24. The maximum Gasteiger partial charge on any atom is 0.407 e. The van der Waals surface area contributed by atoms with Gasteiger partial charge in [-0.25, -0.2) is 13.6 Å². The van der Waals surface area contributed by atoms with Crippen molar-refractivity contribution in [3.8, 4) is 11.1 Å². The molecule has 3 aliphatic rings. The first-order chi connectivity index (χ1) is 16.8. The summed E-state index contributed by atoms with van der Waals surface area (Å²) >= 11 is 0. The fraction of sp³-hybridized carbons (Fsp3) is 0.423. The summed E-state index contributed by atoms with van der Waals surface area (Å²) in [4.78, 5) is 36.0. The molecular weight excluding hydrogens is 458 g/mol. The number of ether oxygens (including phenoxy) is 1. The fourth-order valence-electron chi connectivity index (χ4n) is 5.55. The van der Waals surface area contributed by atoms with E-state index in [1.165, 1.54) is 0 Å². The van der Waals surface area contributed by atoms with Crippen molar-refractivity contribution in [1.29, 1.82) is 0 Å². The van der Waals surface area contributed by atoms with E-state index in [0.29, 0.717) is 19.3 Å². The Morgan fingerprint density at radius 3 is 2.26 bits per heavy atom. The largest absolute Gasteiger partial charge is 0.481 e. The molecule has 2 aromatic rings. The number of carbonyl (C=O) groups excluding carboxylic acids is 2. The quantitative estimate of drug-likeness (QED) is 0.555. The normalized spacial score (nSPS) is 25.9. The molecule has 5 rings (SSSR count). The number of hydrogen-bond donors (Lipinski definition) is 3. The molecule has 2 amide bonds. The minimum Gasteiger partial charge on any atom is -0.481 e. The zero-order valence-electron chi connectivity index (χ0n) is 18.9. The Bertz CT molecular complexity index is 1120. The van der Waals surface area contributed by atoms with Crippen LogP contribution in [0.3, 0.4) is 0 Å². The molecule has 0 spiro atoms. The van der Waals surface area contributed by atoms with E-state index in [1.54, 1.807) is 0 Å². The number of rotatable bonds is 7. The summed E-state index contributed by atoms with van der Waals surface area (Å²) in [5, 5.41) is 14.1. The first kappa shape index (κ1) is 23.3. The van der Waals surface area contributed by atoms with E-state index >= 15 is 0 Å². The zero-order valence-corrected chi connectivity index (χ0v) is 18.9. The van der Waals surface area contributed by atoms with Crippen LogP contribution in [-0.2, 0) is 14.3 Å². The van der Waals surface area contributed by atoms with Gasteiger partial charge in [0.1, 0.15) is 12.5 Å². The topological polar surface area (TPSA) is 105 Å². The Balaban J connectivity index is 1.14. The number of carbonyl (C=O) groups is 3. The van der Waals surface area contributed by atoms with Crippen LogP contribution in [0, 0.1) is 17.8 Å². The van der Waals surface area contributed by atoms with Crippen LogP contribution in [0.4, 0.5) is 13.6 Å². The number of alkyl halides is 2. The third kappa shape index (κ3) is 4.24. The summed E-state index contributed by atoms with van der Waals surface area (Å²) in [5.74, 6) is -9.03. The van der Waals surface area contributed by atoms with Crippen LogP contribution in [0.25, 0.3) is 11.1 Å². The van der Waals surface area contributed by atoms with Crippen molar-refractivity contribution in [1.82, 2.24) is 10.6 Å². The molecule has 35 heavy (non-hydrogen) atoms. The molecule has 184 valence electrons. The van der Waals surface area contributed by atoms with E-state index < -0.39 is 54.2 Å². The van der Waals surface area contributed by atoms with Gasteiger partial charge < -0.3 is 20.5 Å². The van der Waals surface area contributed by atoms with Gasteiger partial charge in [-0.3, -0.25) is 9.59 Å². The van der Waals surface area contributed by atoms with Gasteiger partial charge in [0.15, 0.2) is 0 Å². The molecule has 2 fully saturated rings. The number of carboxylic acids is 1. The average Bonchev–Trinajstić information content (AvgIpc) is 3.13. The van der Waals surface area contributed by atoms with Gasteiger partial charge in [0.25, 0.3) is 5.92 Å². The smallest absolute Gasteiger partial charge is 0.407 e. The maximum absolute atomic E-state index is 14.3. The van der Waals surface area contributed by atoms with Crippen LogP contribution >= 0.6 is 0 Å². The highest BCUT2D eigenvalue weighted by Crippen LogP contribution is 2.55.